The first-order valence-corrected chi connectivity index (χ1v) is 4.07. The number of ether oxygens (including phenoxy) is 1. The summed E-state index contributed by atoms with van der Waals surface area (Å²) in [5.74, 6) is 0.851. The van der Waals surface area contributed by atoms with Crippen molar-refractivity contribution in [1.29, 1.82) is 0 Å². The molecule has 0 bridgehead atoms. The molecule has 0 saturated carbocycles. The van der Waals surface area contributed by atoms with Crippen molar-refractivity contribution >= 4 is 5.52 Å². The van der Waals surface area contributed by atoms with Crippen LogP contribution in [0.3, 0.4) is 0 Å². The Morgan fingerprint density at radius 1 is 1.38 bits per heavy atom. The Hall–Kier alpha value is -1.58. The zero-order valence-electron chi connectivity index (χ0n) is 7.90. The molecule has 0 aliphatic heterocycles. The molecular weight excluding hydrogens is 166 g/mol. The van der Waals surface area contributed by atoms with E-state index < -0.39 is 0 Å². The Balaban J connectivity index is 2.85. The number of fused-ring (bicyclic) bond motifs is 1. The van der Waals surface area contributed by atoms with Crippen LogP contribution in [0.1, 0.15) is 11.3 Å². The van der Waals surface area contributed by atoms with Crippen LogP contribution in [0.5, 0.6) is 5.75 Å². The van der Waals surface area contributed by atoms with Gasteiger partial charge >= 0.3 is 0 Å². The Bertz CT molecular complexity index is 447. The van der Waals surface area contributed by atoms with Gasteiger partial charge in [0.1, 0.15) is 12.1 Å². The molecule has 0 aliphatic carbocycles. The molecule has 0 aliphatic rings. The maximum atomic E-state index is 5.20. The Morgan fingerprint density at radius 3 is 2.77 bits per heavy atom. The number of nitrogens with zero attached hydrogens (tertiary/aromatic N) is 3. The first kappa shape index (κ1) is 8.04. The Kier molecular flexibility index (Phi) is 1.69. The molecule has 68 valence electrons. The fourth-order valence-corrected chi connectivity index (χ4v) is 1.52. The van der Waals surface area contributed by atoms with E-state index in [1.807, 2.05) is 20.0 Å². The van der Waals surface area contributed by atoms with E-state index in [-0.39, 0.29) is 0 Å². The largest absolute Gasteiger partial charge is 0.495 e. The fraction of sp³-hybridized carbons (Fsp3) is 0.333. The van der Waals surface area contributed by atoms with E-state index in [9.17, 15) is 0 Å². The third-order valence-corrected chi connectivity index (χ3v) is 2.18. The van der Waals surface area contributed by atoms with Crippen LogP contribution in [0, 0.1) is 13.8 Å². The van der Waals surface area contributed by atoms with Crippen LogP contribution in [-0.4, -0.2) is 21.7 Å². The topological polar surface area (TPSA) is 39.4 Å². The predicted octanol–water partition coefficient (Wildman–Crippen LogP) is 1.35. The van der Waals surface area contributed by atoms with E-state index in [1.165, 1.54) is 0 Å². The number of aromatic nitrogens is 3. The van der Waals surface area contributed by atoms with Crippen molar-refractivity contribution in [3.8, 4) is 5.75 Å². The minimum atomic E-state index is 0.851. The normalized spacial score (nSPS) is 10.7. The van der Waals surface area contributed by atoms with Gasteiger partial charge in [-0.2, -0.15) is 5.10 Å². The van der Waals surface area contributed by atoms with Gasteiger partial charge < -0.3 is 4.74 Å². The van der Waals surface area contributed by atoms with Gasteiger partial charge in [-0.3, -0.25) is 0 Å². The monoisotopic (exact) mass is 177 g/mol. The summed E-state index contributed by atoms with van der Waals surface area (Å²) >= 11 is 0. The first-order valence-electron chi connectivity index (χ1n) is 4.07. The van der Waals surface area contributed by atoms with Crippen molar-refractivity contribution in [2.75, 3.05) is 7.11 Å². The van der Waals surface area contributed by atoms with Crippen LogP contribution in [0.2, 0.25) is 0 Å². The zero-order valence-corrected chi connectivity index (χ0v) is 7.90. The van der Waals surface area contributed by atoms with Gasteiger partial charge in [0.15, 0.2) is 0 Å². The van der Waals surface area contributed by atoms with Crippen LogP contribution >= 0.6 is 0 Å². The van der Waals surface area contributed by atoms with Gasteiger partial charge in [-0.25, -0.2) is 9.50 Å². The fourth-order valence-electron chi connectivity index (χ4n) is 1.52. The van der Waals surface area contributed by atoms with E-state index in [0.29, 0.717) is 0 Å². The van der Waals surface area contributed by atoms with E-state index in [0.717, 1.165) is 22.5 Å². The lowest BCUT2D eigenvalue weighted by Crippen LogP contribution is -1.94. The van der Waals surface area contributed by atoms with Crippen molar-refractivity contribution in [2.24, 2.45) is 0 Å². The minimum Gasteiger partial charge on any atom is -0.495 e. The summed E-state index contributed by atoms with van der Waals surface area (Å²) in [6.45, 7) is 3.97. The highest BCUT2D eigenvalue weighted by molar-refractivity contribution is 5.63. The number of hydrogen-bond acceptors (Lipinski definition) is 3. The van der Waals surface area contributed by atoms with Gasteiger partial charge in [-0.1, -0.05) is 0 Å². The molecule has 0 spiro atoms. The van der Waals surface area contributed by atoms with Gasteiger partial charge in [-0.15, -0.1) is 0 Å². The van der Waals surface area contributed by atoms with E-state index in [1.54, 1.807) is 18.0 Å². The molecule has 2 heterocycles. The highest BCUT2D eigenvalue weighted by atomic mass is 16.5. The SMILES string of the molecule is COc1cn2ncnc(C)c2c1C. The van der Waals surface area contributed by atoms with Crippen molar-refractivity contribution in [2.45, 2.75) is 13.8 Å². The molecule has 0 atom stereocenters. The van der Waals surface area contributed by atoms with Gasteiger partial charge in [0.25, 0.3) is 0 Å². The number of rotatable bonds is 1. The minimum absolute atomic E-state index is 0.851. The van der Waals surface area contributed by atoms with Crippen LogP contribution in [0.15, 0.2) is 12.5 Å². The summed E-state index contributed by atoms with van der Waals surface area (Å²) < 4.78 is 6.98. The number of methoxy groups -OCH3 is 1. The molecule has 0 radical (unpaired) electrons. The smallest absolute Gasteiger partial charge is 0.142 e. The standard InChI is InChI=1S/C9H11N3O/c1-6-8(13-3)4-12-9(6)7(2)10-5-11-12/h4-5H,1-3H3. The second kappa shape index (κ2) is 2.73. The molecule has 2 aromatic rings. The third kappa shape index (κ3) is 1.06. The molecule has 0 N–H and O–H groups in total. The average Bonchev–Trinajstić information content (AvgIpc) is 2.44. The van der Waals surface area contributed by atoms with Gasteiger partial charge in [0.05, 0.1) is 24.5 Å². The molecule has 0 aromatic carbocycles. The molecule has 4 heteroatoms. The lowest BCUT2D eigenvalue weighted by atomic mass is 10.2. The highest BCUT2D eigenvalue weighted by Gasteiger charge is 2.09. The molecule has 0 unspecified atom stereocenters. The van der Waals surface area contributed by atoms with Gasteiger partial charge in [0, 0.05) is 5.56 Å². The van der Waals surface area contributed by atoms with Gasteiger partial charge in [-0.05, 0) is 13.8 Å². The summed E-state index contributed by atoms with van der Waals surface area (Å²) in [5, 5.41) is 4.10. The summed E-state index contributed by atoms with van der Waals surface area (Å²) in [4.78, 5) is 4.13. The van der Waals surface area contributed by atoms with Gasteiger partial charge in [0.2, 0.25) is 0 Å². The molecule has 2 rings (SSSR count). The Labute approximate surface area is 76.2 Å². The second-order valence-corrected chi connectivity index (χ2v) is 2.96. The Morgan fingerprint density at radius 2 is 2.15 bits per heavy atom. The van der Waals surface area contributed by atoms with Crippen LogP contribution in [0.25, 0.3) is 5.52 Å². The molecule has 0 saturated heterocycles. The van der Waals surface area contributed by atoms with Crippen molar-refractivity contribution < 1.29 is 4.74 Å². The number of aryl methyl sites for hydroxylation is 2. The summed E-state index contributed by atoms with van der Waals surface area (Å²) in [6, 6.07) is 0. The summed E-state index contributed by atoms with van der Waals surface area (Å²) in [7, 11) is 1.66. The summed E-state index contributed by atoms with van der Waals surface area (Å²) in [5.41, 5.74) is 3.08. The molecule has 2 aromatic heterocycles. The quantitative estimate of drug-likeness (QED) is 0.660. The molecular formula is C9H11N3O. The lowest BCUT2D eigenvalue weighted by molar-refractivity contribution is 0.412. The van der Waals surface area contributed by atoms with E-state index in [4.69, 9.17) is 4.74 Å². The zero-order chi connectivity index (χ0) is 9.42. The molecule has 0 fully saturated rings. The second-order valence-electron chi connectivity index (χ2n) is 2.96. The molecule has 13 heavy (non-hydrogen) atoms. The average molecular weight is 177 g/mol. The third-order valence-electron chi connectivity index (χ3n) is 2.18. The van der Waals surface area contributed by atoms with E-state index in [2.05, 4.69) is 10.1 Å². The first-order chi connectivity index (χ1) is 6.24. The van der Waals surface area contributed by atoms with Crippen LogP contribution in [-0.2, 0) is 0 Å². The van der Waals surface area contributed by atoms with Crippen molar-refractivity contribution in [3.63, 3.8) is 0 Å². The molecule has 4 nitrogen and oxygen atoms in total. The highest BCUT2D eigenvalue weighted by Crippen LogP contribution is 2.24. The predicted molar refractivity (Wildman–Crippen MR) is 49.0 cm³/mol. The maximum Gasteiger partial charge on any atom is 0.142 e. The molecule has 0 amide bonds. The van der Waals surface area contributed by atoms with Crippen molar-refractivity contribution in [3.05, 3.63) is 23.8 Å². The summed E-state index contributed by atoms with van der Waals surface area (Å²) in [6.07, 6.45) is 3.40. The number of hydrogen-bond donors (Lipinski definition) is 0. The lowest BCUT2D eigenvalue weighted by Gasteiger charge is -1.97. The van der Waals surface area contributed by atoms with Crippen molar-refractivity contribution in [1.82, 2.24) is 14.6 Å². The van der Waals surface area contributed by atoms with Crippen LogP contribution < -0.4 is 4.74 Å². The van der Waals surface area contributed by atoms with Crippen LogP contribution in [0.4, 0.5) is 0 Å². The van der Waals surface area contributed by atoms with E-state index >= 15 is 0 Å². The maximum absolute atomic E-state index is 5.20.